The average molecular weight is 596 g/mol. The predicted molar refractivity (Wildman–Crippen MR) is 161 cm³/mol. The summed E-state index contributed by atoms with van der Waals surface area (Å²) < 4.78 is 26.0. The van der Waals surface area contributed by atoms with E-state index in [-0.39, 0.29) is 36.1 Å². The lowest BCUT2D eigenvalue weighted by atomic mass is 9.74. The normalized spacial score (nSPS) is 27.3. The zero-order valence-electron chi connectivity index (χ0n) is 24.2. The Balaban J connectivity index is 1.13. The zero-order chi connectivity index (χ0) is 30.3. The maximum atomic E-state index is 14.2. The van der Waals surface area contributed by atoms with Gasteiger partial charge >= 0.3 is 0 Å². The van der Waals surface area contributed by atoms with Crippen molar-refractivity contribution in [2.75, 3.05) is 5.32 Å². The van der Waals surface area contributed by atoms with Crippen LogP contribution in [0.4, 0.5) is 10.1 Å². The molecule has 0 radical (unpaired) electrons. The standard InChI is InChI=1S/C35H34FN3O5/c36-23-13-11-22(12-14-23)21-39-31(33(41)38-24-7-3-1-4-8-24)35-20-19-28(44-35)29(30(35)34(39)42)32(40)37-25-15-17-27(18-16-25)43-26-9-5-2-6-10-26/h2,5-6,9-20,24,28-31H,1,3-4,7-8,21H2,(H,37,40)(H,38,41)/t28-,29+,30-,31-,35-/m1/s1. The van der Waals surface area contributed by atoms with Crippen LogP contribution in [0, 0.1) is 17.7 Å². The summed E-state index contributed by atoms with van der Waals surface area (Å²) in [5.74, 6) is -1.72. The van der Waals surface area contributed by atoms with Crippen molar-refractivity contribution in [3.05, 3.63) is 102 Å². The van der Waals surface area contributed by atoms with E-state index < -0.39 is 29.6 Å². The minimum Gasteiger partial charge on any atom is -0.457 e. The van der Waals surface area contributed by atoms with Gasteiger partial charge in [-0.3, -0.25) is 14.4 Å². The van der Waals surface area contributed by atoms with Crippen molar-refractivity contribution in [3.63, 3.8) is 0 Å². The maximum Gasteiger partial charge on any atom is 0.246 e. The van der Waals surface area contributed by atoms with E-state index in [0.717, 1.165) is 32.1 Å². The molecule has 3 amide bonds. The molecule has 2 saturated heterocycles. The summed E-state index contributed by atoms with van der Waals surface area (Å²) in [6.07, 6.45) is 7.97. The van der Waals surface area contributed by atoms with E-state index in [1.165, 1.54) is 17.0 Å². The molecular formula is C35H34FN3O5. The molecule has 2 bridgehead atoms. The molecule has 9 heteroatoms. The number of halogens is 1. The van der Waals surface area contributed by atoms with Gasteiger partial charge in [0.1, 0.15) is 29.0 Å². The lowest BCUT2D eigenvalue weighted by Gasteiger charge is -2.34. The van der Waals surface area contributed by atoms with Gasteiger partial charge in [0.15, 0.2) is 0 Å². The van der Waals surface area contributed by atoms with Crippen LogP contribution < -0.4 is 15.4 Å². The molecule has 3 aromatic carbocycles. The number of amides is 3. The number of carbonyl (C=O) groups is 3. The van der Waals surface area contributed by atoms with Crippen molar-refractivity contribution in [2.24, 2.45) is 11.8 Å². The Bertz CT molecular complexity index is 1570. The van der Waals surface area contributed by atoms with Crippen LogP contribution >= 0.6 is 0 Å². The predicted octanol–water partition coefficient (Wildman–Crippen LogP) is 5.36. The number of nitrogens with zero attached hydrogens (tertiary/aromatic N) is 1. The molecule has 3 heterocycles. The average Bonchev–Trinajstić information content (AvgIpc) is 3.68. The monoisotopic (exact) mass is 595 g/mol. The number of likely N-dealkylation sites (tertiary alicyclic amines) is 1. The Morgan fingerprint density at radius 1 is 0.909 bits per heavy atom. The molecule has 3 aromatic rings. The fourth-order valence-electron chi connectivity index (χ4n) is 7.21. The molecule has 1 spiro atoms. The summed E-state index contributed by atoms with van der Waals surface area (Å²) in [5, 5.41) is 6.13. The Kier molecular flexibility index (Phi) is 7.42. The van der Waals surface area contributed by atoms with Crippen LogP contribution in [-0.2, 0) is 25.7 Å². The summed E-state index contributed by atoms with van der Waals surface area (Å²) in [5.41, 5.74) is -0.0315. The van der Waals surface area contributed by atoms with E-state index in [4.69, 9.17) is 9.47 Å². The van der Waals surface area contributed by atoms with Crippen molar-refractivity contribution in [1.82, 2.24) is 10.2 Å². The van der Waals surface area contributed by atoms with Gasteiger partial charge in [-0.1, -0.05) is 61.7 Å². The SMILES string of the molecule is O=C(Nc1ccc(Oc2ccccc2)cc1)[C@H]1[C@H]2C=C[C@@]3(O2)[C@H]1C(=O)N(Cc1ccc(F)cc1)[C@@H]3C(=O)NC1CCCCC1. The summed E-state index contributed by atoms with van der Waals surface area (Å²) in [6, 6.07) is 21.4. The van der Waals surface area contributed by atoms with Gasteiger partial charge in [-0.15, -0.1) is 0 Å². The number of hydrogen-bond donors (Lipinski definition) is 2. The molecule has 1 aliphatic carbocycles. The van der Waals surface area contributed by atoms with Crippen molar-refractivity contribution in [1.29, 1.82) is 0 Å². The first-order valence-corrected chi connectivity index (χ1v) is 15.3. The highest BCUT2D eigenvalue weighted by atomic mass is 19.1. The third-order valence-electron chi connectivity index (χ3n) is 9.24. The lowest BCUT2D eigenvalue weighted by molar-refractivity contribution is -0.142. The molecule has 0 aromatic heterocycles. The first kappa shape index (κ1) is 28.3. The number of rotatable bonds is 8. The molecule has 3 fully saturated rings. The zero-order valence-corrected chi connectivity index (χ0v) is 24.2. The van der Waals surface area contributed by atoms with Crippen LogP contribution in [0.25, 0.3) is 0 Å². The number of hydrogen-bond acceptors (Lipinski definition) is 5. The fourth-order valence-corrected chi connectivity index (χ4v) is 7.21. The van der Waals surface area contributed by atoms with E-state index in [1.54, 1.807) is 48.6 Å². The molecule has 7 rings (SSSR count). The number of ether oxygens (including phenoxy) is 2. The quantitative estimate of drug-likeness (QED) is 0.342. The van der Waals surface area contributed by atoms with Gasteiger partial charge in [-0.05, 0) is 66.9 Å². The van der Waals surface area contributed by atoms with Crippen LogP contribution in [0.15, 0.2) is 91.0 Å². The summed E-state index contributed by atoms with van der Waals surface area (Å²) in [6.45, 7) is 0.0964. The molecule has 2 N–H and O–H groups in total. The molecule has 44 heavy (non-hydrogen) atoms. The van der Waals surface area contributed by atoms with E-state index in [2.05, 4.69) is 10.6 Å². The number of nitrogens with one attached hydrogen (secondary N) is 2. The number of fused-ring (bicyclic) bond motifs is 1. The second-order valence-electron chi connectivity index (χ2n) is 12.1. The Morgan fingerprint density at radius 3 is 2.34 bits per heavy atom. The molecule has 226 valence electrons. The second kappa shape index (κ2) is 11.5. The van der Waals surface area contributed by atoms with Crippen molar-refractivity contribution in [2.45, 2.75) is 62.4 Å². The minimum atomic E-state index is -1.27. The van der Waals surface area contributed by atoms with E-state index in [1.807, 2.05) is 30.3 Å². The smallest absolute Gasteiger partial charge is 0.246 e. The maximum absolute atomic E-state index is 14.2. The fraction of sp³-hybridized carbons (Fsp3) is 0.343. The summed E-state index contributed by atoms with van der Waals surface area (Å²) in [4.78, 5) is 43.5. The molecule has 1 saturated carbocycles. The van der Waals surface area contributed by atoms with Gasteiger partial charge in [-0.2, -0.15) is 0 Å². The van der Waals surface area contributed by atoms with Gasteiger partial charge in [-0.25, -0.2) is 4.39 Å². The summed E-state index contributed by atoms with van der Waals surface area (Å²) in [7, 11) is 0. The first-order chi connectivity index (χ1) is 21.4. The van der Waals surface area contributed by atoms with Gasteiger partial charge in [0.05, 0.1) is 17.9 Å². The first-order valence-electron chi connectivity index (χ1n) is 15.3. The highest BCUT2D eigenvalue weighted by molar-refractivity contribution is 6.02. The van der Waals surface area contributed by atoms with Gasteiger partial charge in [0, 0.05) is 18.3 Å². The second-order valence-corrected chi connectivity index (χ2v) is 12.1. The highest BCUT2D eigenvalue weighted by Gasteiger charge is 2.72. The van der Waals surface area contributed by atoms with E-state index in [9.17, 15) is 18.8 Å². The Morgan fingerprint density at radius 2 is 1.61 bits per heavy atom. The van der Waals surface area contributed by atoms with Gasteiger partial charge in [0.2, 0.25) is 17.7 Å². The summed E-state index contributed by atoms with van der Waals surface area (Å²) >= 11 is 0. The van der Waals surface area contributed by atoms with Crippen molar-refractivity contribution in [3.8, 4) is 11.5 Å². The highest BCUT2D eigenvalue weighted by Crippen LogP contribution is 2.55. The number of anilines is 1. The van der Waals surface area contributed by atoms with Crippen LogP contribution in [0.5, 0.6) is 11.5 Å². The molecule has 3 aliphatic heterocycles. The molecule has 4 aliphatic rings. The van der Waals surface area contributed by atoms with Gasteiger partial charge in [0.25, 0.3) is 0 Å². The minimum absolute atomic E-state index is 0.0324. The molecule has 8 nitrogen and oxygen atoms in total. The van der Waals surface area contributed by atoms with Crippen molar-refractivity contribution < 1.29 is 28.2 Å². The van der Waals surface area contributed by atoms with E-state index >= 15 is 0 Å². The lowest BCUT2D eigenvalue weighted by Crippen LogP contribution is -2.56. The largest absolute Gasteiger partial charge is 0.457 e. The topological polar surface area (TPSA) is 97.0 Å². The van der Waals surface area contributed by atoms with Crippen LogP contribution in [0.3, 0.4) is 0 Å². The molecular weight excluding hydrogens is 561 g/mol. The molecule has 0 unspecified atom stereocenters. The van der Waals surface area contributed by atoms with Crippen LogP contribution in [0.1, 0.15) is 37.7 Å². The Hall–Kier alpha value is -4.50. The third-order valence-corrected chi connectivity index (χ3v) is 9.24. The van der Waals surface area contributed by atoms with Crippen molar-refractivity contribution >= 4 is 23.4 Å². The van der Waals surface area contributed by atoms with Crippen LogP contribution in [0.2, 0.25) is 0 Å². The number of benzene rings is 3. The third kappa shape index (κ3) is 5.15. The molecule has 5 atom stereocenters. The Labute approximate surface area is 255 Å². The van der Waals surface area contributed by atoms with Crippen LogP contribution in [-0.4, -0.2) is 46.4 Å². The van der Waals surface area contributed by atoms with E-state index in [0.29, 0.717) is 22.7 Å². The number of para-hydroxylation sites is 1. The van der Waals surface area contributed by atoms with Gasteiger partial charge < -0.3 is 25.0 Å². The number of carbonyl (C=O) groups excluding carboxylic acids is 3.